The van der Waals surface area contributed by atoms with Crippen molar-refractivity contribution in [2.24, 2.45) is 0 Å². The first-order valence-electron chi connectivity index (χ1n) is 6.59. The zero-order valence-electron chi connectivity index (χ0n) is 10.5. The van der Waals surface area contributed by atoms with Crippen LogP contribution in [0.25, 0.3) is 0 Å². The Morgan fingerprint density at radius 1 is 1.44 bits per heavy atom. The number of allylic oxidation sites excluding steroid dienone is 1. The van der Waals surface area contributed by atoms with Crippen molar-refractivity contribution in [2.75, 3.05) is 19.6 Å². The van der Waals surface area contributed by atoms with Crippen LogP contribution in [0.3, 0.4) is 0 Å². The Bertz CT molecular complexity index is 365. The van der Waals surface area contributed by atoms with Gasteiger partial charge in [-0.3, -0.25) is 4.79 Å². The molecule has 5 nitrogen and oxygen atoms in total. The van der Waals surface area contributed by atoms with E-state index in [4.69, 9.17) is 5.11 Å². The number of aliphatic carboxylic acids is 1. The van der Waals surface area contributed by atoms with Crippen molar-refractivity contribution in [3.8, 4) is 0 Å². The summed E-state index contributed by atoms with van der Waals surface area (Å²) in [5.41, 5.74) is 1.17. The predicted molar refractivity (Wildman–Crippen MR) is 67.2 cm³/mol. The normalized spacial score (nSPS) is 24.6. The van der Waals surface area contributed by atoms with Gasteiger partial charge in [0.25, 0.3) is 0 Å². The Kier molecular flexibility index (Phi) is 4.36. The molecule has 0 aromatic carbocycles. The molecular weight excluding hydrogens is 232 g/mol. The molecule has 1 saturated heterocycles. The fourth-order valence-electron chi connectivity index (χ4n) is 2.58. The highest BCUT2D eigenvalue weighted by Gasteiger charge is 2.31. The van der Waals surface area contributed by atoms with E-state index < -0.39 is 12.0 Å². The van der Waals surface area contributed by atoms with E-state index in [1.165, 1.54) is 16.9 Å². The number of carbonyl (C=O) groups excluding carboxylic acids is 1. The standard InChI is InChI=1S/C13H20N2O3/c16-12(8-10-4-2-1-3-5-10)15-7-6-14-9-11(15)13(17)18/h4,11,14H,1-3,5-9H2,(H,17,18). The molecule has 0 bridgehead atoms. The summed E-state index contributed by atoms with van der Waals surface area (Å²) >= 11 is 0. The zero-order chi connectivity index (χ0) is 13.0. The lowest BCUT2D eigenvalue weighted by molar-refractivity contribution is -0.151. The summed E-state index contributed by atoms with van der Waals surface area (Å²) in [6, 6.07) is -0.713. The molecule has 1 atom stereocenters. The second kappa shape index (κ2) is 6.00. The largest absolute Gasteiger partial charge is 0.480 e. The second-order valence-electron chi connectivity index (χ2n) is 4.93. The SMILES string of the molecule is O=C(O)C1CNCCN1C(=O)CC1=CCCCC1. The van der Waals surface area contributed by atoms with Crippen molar-refractivity contribution in [1.29, 1.82) is 0 Å². The maximum absolute atomic E-state index is 12.2. The topological polar surface area (TPSA) is 69.6 Å². The van der Waals surface area contributed by atoms with Crippen LogP contribution in [0.5, 0.6) is 0 Å². The fraction of sp³-hybridized carbons (Fsp3) is 0.692. The van der Waals surface area contributed by atoms with Gasteiger partial charge in [0.2, 0.25) is 5.91 Å². The van der Waals surface area contributed by atoms with Crippen LogP contribution in [0.4, 0.5) is 0 Å². The van der Waals surface area contributed by atoms with Crippen molar-refractivity contribution in [1.82, 2.24) is 10.2 Å². The third-order valence-corrected chi connectivity index (χ3v) is 3.61. The summed E-state index contributed by atoms with van der Waals surface area (Å²) in [5.74, 6) is -0.967. The first-order chi connectivity index (χ1) is 8.68. The van der Waals surface area contributed by atoms with Crippen LogP contribution in [-0.4, -0.2) is 47.6 Å². The third-order valence-electron chi connectivity index (χ3n) is 3.61. The van der Waals surface area contributed by atoms with Gasteiger partial charge < -0.3 is 15.3 Å². The van der Waals surface area contributed by atoms with Gasteiger partial charge >= 0.3 is 5.97 Å². The highest BCUT2D eigenvalue weighted by Crippen LogP contribution is 2.21. The van der Waals surface area contributed by atoms with Crippen LogP contribution in [0.15, 0.2) is 11.6 Å². The molecule has 100 valence electrons. The number of nitrogens with one attached hydrogen (secondary N) is 1. The summed E-state index contributed by atoms with van der Waals surface area (Å²) in [6.45, 7) is 1.51. The Morgan fingerprint density at radius 3 is 2.94 bits per heavy atom. The molecule has 1 unspecified atom stereocenters. The van der Waals surface area contributed by atoms with E-state index in [2.05, 4.69) is 11.4 Å². The van der Waals surface area contributed by atoms with Crippen LogP contribution in [0.2, 0.25) is 0 Å². The van der Waals surface area contributed by atoms with E-state index in [0.29, 0.717) is 26.1 Å². The van der Waals surface area contributed by atoms with Gasteiger partial charge in [-0.05, 0) is 25.7 Å². The first kappa shape index (κ1) is 13.1. The van der Waals surface area contributed by atoms with Crippen molar-refractivity contribution < 1.29 is 14.7 Å². The summed E-state index contributed by atoms with van der Waals surface area (Å²) in [6.07, 6.45) is 6.90. The molecule has 2 aliphatic rings. The lowest BCUT2D eigenvalue weighted by Gasteiger charge is -2.34. The summed E-state index contributed by atoms with van der Waals surface area (Å²) in [5, 5.41) is 12.1. The highest BCUT2D eigenvalue weighted by atomic mass is 16.4. The van der Waals surface area contributed by atoms with Crippen LogP contribution in [0, 0.1) is 0 Å². The van der Waals surface area contributed by atoms with Gasteiger partial charge in [-0.2, -0.15) is 0 Å². The number of carboxylic acid groups (broad SMARTS) is 1. The minimum absolute atomic E-state index is 0.0444. The van der Waals surface area contributed by atoms with E-state index in [-0.39, 0.29) is 5.91 Å². The minimum atomic E-state index is -0.923. The maximum atomic E-state index is 12.2. The number of hydrogen-bond acceptors (Lipinski definition) is 3. The molecule has 1 aliphatic carbocycles. The molecule has 2 rings (SSSR count). The highest BCUT2D eigenvalue weighted by molar-refractivity contribution is 5.85. The number of rotatable bonds is 3. The summed E-state index contributed by atoms with van der Waals surface area (Å²) < 4.78 is 0. The molecule has 0 aromatic heterocycles. The number of nitrogens with zero attached hydrogens (tertiary/aromatic N) is 1. The van der Waals surface area contributed by atoms with Crippen molar-refractivity contribution in [3.63, 3.8) is 0 Å². The van der Waals surface area contributed by atoms with Crippen molar-refractivity contribution in [2.45, 2.75) is 38.1 Å². The van der Waals surface area contributed by atoms with Gasteiger partial charge in [0, 0.05) is 26.1 Å². The molecule has 0 radical (unpaired) electrons. The smallest absolute Gasteiger partial charge is 0.327 e. The Labute approximate surface area is 107 Å². The molecule has 0 spiro atoms. The summed E-state index contributed by atoms with van der Waals surface area (Å²) in [7, 11) is 0. The van der Waals surface area contributed by atoms with Crippen molar-refractivity contribution in [3.05, 3.63) is 11.6 Å². The van der Waals surface area contributed by atoms with E-state index >= 15 is 0 Å². The van der Waals surface area contributed by atoms with E-state index in [1.807, 2.05) is 0 Å². The van der Waals surface area contributed by atoms with Crippen molar-refractivity contribution >= 4 is 11.9 Å². The number of carboxylic acids is 1. The molecule has 5 heteroatoms. The first-order valence-corrected chi connectivity index (χ1v) is 6.59. The molecule has 0 saturated carbocycles. The molecule has 0 aromatic rings. The molecule has 1 heterocycles. The number of piperazine rings is 1. The number of amides is 1. The second-order valence-corrected chi connectivity index (χ2v) is 4.93. The molecule has 1 aliphatic heterocycles. The van der Waals surface area contributed by atoms with Crippen LogP contribution in [-0.2, 0) is 9.59 Å². The predicted octanol–water partition coefficient (Wildman–Crippen LogP) is 0.762. The maximum Gasteiger partial charge on any atom is 0.327 e. The van der Waals surface area contributed by atoms with Crippen LogP contribution in [0.1, 0.15) is 32.1 Å². The Morgan fingerprint density at radius 2 is 2.28 bits per heavy atom. The van der Waals surface area contributed by atoms with Crippen LogP contribution < -0.4 is 5.32 Å². The molecule has 1 fully saturated rings. The quantitative estimate of drug-likeness (QED) is 0.728. The lowest BCUT2D eigenvalue weighted by Crippen LogP contribution is -2.57. The molecule has 1 amide bonds. The minimum Gasteiger partial charge on any atom is -0.480 e. The van der Waals surface area contributed by atoms with E-state index in [9.17, 15) is 9.59 Å². The van der Waals surface area contributed by atoms with Crippen LogP contribution >= 0.6 is 0 Å². The van der Waals surface area contributed by atoms with Gasteiger partial charge in [-0.15, -0.1) is 0 Å². The zero-order valence-corrected chi connectivity index (χ0v) is 10.5. The Balaban J connectivity index is 1.97. The Hall–Kier alpha value is -1.36. The average molecular weight is 252 g/mol. The molecule has 18 heavy (non-hydrogen) atoms. The van der Waals surface area contributed by atoms with Gasteiger partial charge in [-0.25, -0.2) is 4.79 Å². The van der Waals surface area contributed by atoms with E-state index in [1.54, 1.807) is 0 Å². The third kappa shape index (κ3) is 3.10. The number of carbonyl (C=O) groups is 2. The number of hydrogen-bond donors (Lipinski definition) is 2. The average Bonchev–Trinajstić information content (AvgIpc) is 2.40. The fourth-order valence-corrected chi connectivity index (χ4v) is 2.58. The molecular formula is C13H20N2O3. The van der Waals surface area contributed by atoms with Gasteiger partial charge in [0.05, 0.1) is 0 Å². The monoisotopic (exact) mass is 252 g/mol. The van der Waals surface area contributed by atoms with Gasteiger partial charge in [-0.1, -0.05) is 11.6 Å². The molecule has 2 N–H and O–H groups in total. The summed E-state index contributed by atoms with van der Waals surface area (Å²) in [4.78, 5) is 24.8. The van der Waals surface area contributed by atoms with Gasteiger partial charge in [0.15, 0.2) is 0 Å². The lowest BCUT2D eigenvalue weighted by atomic mass is 9.96. The van der Waals surface area contributed by atoms with Gasteiger partial charge in [0.1, 0.15) is 6.04 Å². The van der Waals surface area contributed by atoms with E-state index in [0.717, 1.165) is 19.3 Å².